The first-order valence-electron chi connectivity index (χ1n) is 3.95. The highest BCUT2D eigenvalue weighted by Crippen LogP contribution is 2.43. The predicted molar refractivity (Wildman–Crippen MR) is 43.9 cm³/mol. The normalized spacial score (nSPS) is 27.8. The van der Waals surface area contributed by atoms with Crippen molar-refractivity contribution in [2.24, 2.45) is 10.6 Å². The van der Waals surface area contributed by atoms with Crippen molar-refractivity contribution in [3.63, 3.8) is 0 Å². The Bertz CT molecular complexity index is 314. The van der Waals surface area contributed by atoms with Gasteiger partial charge in [0.1, 0.15) is 0 Å². The van der Waals surface area contributed by atoms with Crippen LogP contribution < -0.4 is 0 Å². The lowest BCUT2D eigenvalue weighted by Crippen LogP contribution is -2.88. The molecule has 0 aromatic rings. The monoisotopic (exact) mass is 272 g/mol. The van der Waals surface area contributed by atoms with Crippen molar-refractivity contribution < 1.29 is 40.9 Å². The zero-order valence-corrected chi connectivity index (χ0v) is 8.18. The Hall–Kier alpha value is -1.52. The van der Waals surface area contributed by atoms with Gasteiger partial charge in [0.2, 0.25) is 0 Å². The lowest BCUT2D eigenvalue weighted by molar-refractivity contribution is -0.610. The van der Waals surface area contributed by atoms with E-state index in [9.17, 15) is 9.81 Å². The molecule has 1 heterocycles. The Kier molecular flexibility index (Phi) is 2.82. The van der Waals surface area contributed by atoms with Crippen molar-refractivity contribution in [3.8, 4) is 0 Å². The van der Waals surface area contributed by atoms with Gasteiger partial charge in [0.15, 0.2) is 0 Å². The van der Waals surface area contributed by atoms with Crippen LogP contribution in [0.5, 0.6) is 0 Å². The Morgan fingerprint density at radius 1 is 0.556 bits per heavy atom. The Morgan fingerprint density at radius 3 is 0.833 bits per heavy atom. The van der Waals surface area contributed by atoms with Crippen LogP contribution in [0.3, 0.4) is 0 Å². The molecule has 0 amide bonds. The van der Waals surface area contributed by atoms with Crippen LogP contribution in [0.15, 0.2) is 10.6 Å². The number of nitroso groups, excluding NO2 is 2. The molecule has 0 atom stereocenters. The molecule has 8 N–H and O–H groups in total. The molecule has 14 heteroatoms. The van der Waals surface area contributed by atoms with Gasteiger partial charge in [0.25, 0.3) is 0 Å². The van der Waals surface area contributed by atoms with E-state index in [1.54, 1.807) is 10.6 Å². The van der Waals surface area contributed by atoms with E-state index in [4.69, 9.17) is 40.9 Å². The maximum atomic E-state index is 10.2. The van der Waals surface area contributed by atoms with Gasteiger partial charge >= 0.3 is 23.6 Å². The van der Waals surface area contributed by atoms with E-state index in [2.05, 4.69) is 0 Å². The van der Waals surface area contributed by atoms with Gasteiger partial charge in [-0.15, -0.1) is 19.8 Å². The maximum Gasteiger partial charge on any atom is 0.350 e. The smallest absolute Gasteiger partial charge is 0.342 e. The summed E-state index contributed by atoms with van der Waals surface area (Å²) in [5.74, 6) is -17.3. The molecule has 0 unspecified atom stereocenters. The molecule has 0 aliphatic carbocycles. The first kappa shape index (κ1) is 14.5. The summed E-state index contributed by atoms with van der Waals surface area (Å²) in [6.07, 6.45) is 0. The summed E-state index contributed by atoms with van der Waals surface area (Å²) < 4.78 is 0. The number of nitrogens with zero attached hydrogens (tertiary/aromatic N) is 4. The average Bonchev–Trinajstić information content (AvgIpc) is 2.15. The van der Waals surface area contributed by atoms with Gasteiger partial charge in [-0.3, -0.25) is 0 Å². The quantitative estimate of drug-likeness (QED) is 0.174. The molecule has 0 spiro atoms. The minimum atomic E-state index is -4.32. The van der Waals surface area contributed by atoms with Gasteiger partial charge in [0, 0.05) is 0 Å². The number of piperazine rings is 1. The van der Waals surface area contributed by atoms with Crippen LogP contribution in [0, 0.1) is 9.81 Å². The lowest BCUT2D eigenvalue weighted by atomic mass is 10.1. The highest BCUT2D eigenvalue weighted by atomic mass is 16.7. The summed E-state index contributed by atoms with van der Waals surface area (Å²) >= 11 is 0. The average molecular weight is 272 g/mol. The molecule has 104 valence electrons. The highest BCUT2D eigenvalue weighted by Gasteiger charge is 2.79. The van der Waals surface area contributed by atoms with Crippen molar-refractivity contribution in [1.82, 2.24) is 10.0 Å². The summed E-state index contributed by atoms with van der Waals surface area (Å²) in [5, 5.41) is 73.8. The minimum absolute atomic E-state index is 1.22. The van der Waals surface area contributed by atoms with Crippen molar-refractivity contribution in [2.45, 2.75) is 23.6 Å². The molecule has 14 nitrogen and oxygen atoms in total. The summed E-state index contributed by atoms with van der Waals surface area (Å²) in [4.78, 5) is 20.5. The molecule has 0 bridgehead atoms. The van der Waals surface area contributed by atoms with Crippen LogP contribution in [0.1, 0.15) is 0 Å². The molecule has 0 radical (unpaired) electrons. The van der Waals surface area contributed by atoms with Gasteiger partial charge in [-0.25, -0.2) is 0 Å². The van der Waals surface area contributed by atoms with Crippen LogP contribution in [0.4, 0.5) is 0 Å². The SMILES string of the molecule is O=NN1C(O)(O)C(O)(O)N(N=O)C(O)(O)C1(O)O. The van der Waals surface area contributed by atoms with Crippen molar-refractivity contribution in [1.29, 1.82) is 0 Å². The van der Waals surface area contributed by atoms with Crippen molar-refractivity contribution in [3.05, 3.63) is 9.81 Å². The van der Waals surface area contributed by atoms with Gasteiger partial charge in [-0.05, 0) is 0 Å². The predicted octanol–water partition coefficient (Wildman–Crippen LogP) is -5.48. The minimum Gasteiger partial charge on any atom is -0.342 e. The zero-order valence-electron chi connectivity index (χ0n) is 8.18. The van der Waals surface area contributed by atoms with E-state index in [1.165, 1.54) is 0 Å². The first-order chi connectivity index (χ1) is 7.89. The first-order valence-corrected chi connectivity index (χ1v) is 3.95. The second-order valence-electron chi connectivity index (χ2n) is 3.33. The highest BCUT2D eigenvalue weighted by molar-refractivity contribution is 4.97. The lowest BCUT2D eigenvalue weighted by Gasteiger charge is -2.55. The largest absolute Gasteiger partial charge is 0.350 e. The standard InChI is InChI=1S/C4H8N4O10/c9-1(10)2(11,12)8(6-18)4(15,16)3(13,14)7(1)5-17/h9-16H. The van der Waals surface area contributed by atoms with E-state index >= 15 is 0 Å². The molecule has 0 aromatic heterocycles. The Morgan fingerprint density at radius 2 is 0.722 bits per heavy atom. The summed E-state index contributed by atoms with van der Waals surface area (Å²) in [5.41, 5.74) is 0. The molecule has 18 heavy (non-hydrogen) atoms. The second-order valence-corrected chi connectivity index (χ2v) is 3.33. The van der Waals surface area contributed by atoms with E-state index in [0.29, 0.717) is 0 Å². The molecular formula is C4H8N4O10. The van der Waals surface area contributed by atoms with Crippen LogP contribution >= 0.6 is 0 Å². The van der Waals surface area contributed by atoms with E-state index in [0.717, 1.165) is 0 Å². The molecule has 1 saturated heterocycles. The summed E-state index contributed by atoms with van der Waals surface area (Å²) in [6, 6.07) is 0. The topological polar surface area (TPSA) is 227 Å². The number of aliphatic hydroxyl groups is 8. The van der Waals surface area contributed by atoms with Gasteiger partial charge < -0.3 is 40.9 Å². The van der Waals surface area contributed by atoms with Crippen LogP contribution in [-0.4, -0.2) is 74.5 Å². The second kappa shape index (κ2) is 3.49. The summed E-state index contributed by atoms with van der Waals surface area (Å²) in [7, 11) is 0. The fraction of sp³-hybridized carbons (Fsp3) is 1.00. The van der Waals surface area contributed by atoms with Crippen LogP contribution in [0.25, 0.3) is 0 Å². The molecule has 1 aliphatic heterocycles. The number of hydrogen-bond donors (Lipinski definition) is 8. The van der Waals surface area contributed by atoms with Gasteiger partial charge in [0.05, 0.1) is 10.6 Å². The zero-order chi connectivity index (χ0) is 14.6. The number of rotatable bonds is 2. The molecule has 0 saturated carbocycles. The van der Waals surface area contributed by atoms with Crippen molar-refractivity contribution in [2.75, 3.05) is 0 Å². The van der Waals surface area contributed by atoms with Crippen molar-refractivity contribution >= 4 is 0 Å². The third-order valence-electron chi connectivity index (χ3n) is 2.24. The van der Waals surface area contributed by atoms with E-state index in [1.807, 2.05) is 0 Å². The Labute approximate surface area is 96.0 Å². The van der Waals surface area contributed by atoms with Crippen LogP contribution in [-0.2, 0) is 0 Å². The van der Waals surface area contributed by atoms with Gasteiger partial charge in [-0.2, -0.15) is 0 Å². The number of hydrogen-bond acceptors (Lipinski definition) is 12. The van der Waals surface area contributed by atoms with E-state index < -0.39 is 33.7 Å². The third kappa shape index (κ3) is 1.33. The molecule has 1 aliphatic rings. The van der Waals surface area contributed by atoms with Gasteiger partial charge in [-0.1, -0.05) is 0 Å². The Balaban J connectivity index is 3.57. The fourth-order valence-electron chi connectivity index (χ4n) is 1.23. The summed E-state index contributed by atoms with van der Waals surface area (Å²) in [6.45, 7) is 0. The third-order valence-corrected chi connectivity index (χ3v) is 2.24. The molecule has 1 fully saturated rings. The molecule has 1 rings (SSSR count). The maximum absolute atomic E-state index is 10.2. The molecular weight excluding hydrogens is 264 g/mol. The molecule has 0 aromatic carbocycles. The van der Waals surface area contributed by atoms with E-state index in [-0.39, 0.29) is 0 Å². The van der Waals surface area contributed by atoms with Crippen LogP contribution in [0.2, 0.25) is 0 Å². The fourth-order valence-corrected chi connectivity index (χ4v) is 1.23.